The largest absolute Gasteiger partial charge is 0.310 e. The molecule has 3 heterocycles. The van der Waals surface area contributed by atoms with E-state index in [1.165, 1.54) is 156 Å². The van der Waals surface area contributed by atoms with Gasteiger partial charge in [0.15, 0.2) is 8.07 Å². The van der Waals surface area contributed by atoms with Gasteiger partial charge in [0.1, 0.15) is 0 Å². The summed E-state index contributed by atoms with van der Waals surface area (Å²) in [5.74, 6) is 4.19. The molecule has 6 fully saturated rings. The lowest BCUT2D eigenvalue weighted by Gasteiger charge is -2.49. The third kappa shape index (κ3) is 6.65. The highest BCUT2D eigenvalue weighted by Gasteiger charge is 2.77. The van der Waals surface area contributed by atoms with Gasteiger partial charge in [0.25, 0.3) is 0 Å². The molecular formula is C86H73N3Si. The molecule has 4 heteroatoms. The van der Waals surface area contributed by atoms with Crippen LogP contribution in [0.2, 0.25) is 0 Å². The normalized spacial score (nSPS) is 25.5. The highest BCUT2D eigenvalue weighted by atomic mass is 28.3. The van der Waals surface area contributed by atoms with Crippen LogP contribution in [-0.2, 0) is 10.8 Å². The van der Waals surface area contributed by atoms with Crippen molar-refractivity contribution in [2.75, 3.05) is 9.80 Å². The molecule has 2 aliphatic heterocycles. The number of rotatable bonds is 8. The number of hydrogen-bond acceptors (Lipinski definition) is 2. The highest BCUT2D eigenvalue weighted by molar-refractivity contribution is 7.19. The summed E-state index contributed by atoms with van der Waals surface area (Å²) in [4.78, 5) is 5.34. The molecule has 20 rings (SSSR count). The second-order valence-corrected chi connectivity index (χ2v) is 33.1. The van der Waals surface area contributed by atoms with E-state index in [1.54, 1.807) is 11.1 Å². The summed E-state index contributed by atoms with van der Waals surface area (Å²) in [5.41, 5.74) is 21.0. The molecular weight excluding hydrogens is 1100 g/mol. The minimum atomic E-state index is -2.83. The van der Waals surface area contributed by atoms with Crippen LogP contribution >= 0.6 is 0 Å². The smallest absolute Gasteiger partial charge is 0.179 e. The molecule has 6 aliphatic carbocycles. The standard InChI is InChI=1S/C86H73N3Si/c1-56-47-59-52-83(50-56)54-80(83)85(59)68-30-13-18-35-74(68)87(75-36-19-14-31-69(75)85)61-43-46-73(67(49-61)58-41-44-65(45-42-58)90(62-23-6-3-7-24-62,63-25-8-4-9-26-63)64-27-10-5-11-28-64)88-72-34-17-12-29-66(72)82-78(88)39-22-40-79(82)89-76-37-20-15-32-70(76)86(71-33-16-21-38-77(71)89)60-48-57(2)51-84(53-60)55-81(84)86/h3-46,49,56-57,59-60,80-81H,47-48,50-55H2,1-2H3/t56-,57+,59?,60?,80+,81-,83-,84+/m1/s1. The minimum Gasteiger partial charge on any atom is -0.310 e. The zero-order valence-corrected chi connectivity index (χ0v) is 52.4. The van der Waals surface area contributed by atoms with E-state index in [-0.39, 0.29) is 10.8 Å². The first-order valence-corrected chi connectivity index (χ1v) is 35.8. The highest BCUT2D eigenvalue weighted by Crippen LogP contribution is 2.84. The van der Waals surface area contributed by atoms with E-state index in [0.29, 0.717) is 34.5 Å². The van der Waals surface area contributed by atoms with Gasteiger partial charge in [-0.15, -0.1) is 0 Å². The van der Waals surface area contributed by atoms with Crippen LogP contribution in [0, 0.1) is 46.3 Å². The molecule has 436 valence electrons. The average Bonchev–Trinajstić information content (AvgIpc) is 1.48. The molecule has 0 N–H and O–H groups in total. The van der Waals surface area contributed by atoms with E-state index in [4.69, 9.17) is 0 Å². The maximum atomic E-state index is 2.68. The fourth-order valence-electron chi connectivity index (χ4n) is 22.3. The lowest BCUT2D eigenvalue weighted by molar-refractivity contribution is 0.200. The summed E-state index contributed by atoms with van der Waals surface area (Å²) >= 11 is 0. The summed E-state index contributed by atoms with van der Waals surface area (Å²) in [7, 11) is -2.83. The van der Waals surface area contributed by atoms with Crippen LogP contribution in [0.1, 0.15) is 87.5 Å². The minimum absolute atomic E-state index is 0.0189. The van der Waals surface area contributed by atoms with E-state index in [1.807, 2.05) is 0 Å². The molecule has 8 atom stereocenters. The molecule has 4 spiro atoms. The van der Waals surface area contributed by atoms with Gasteiger partial charge >= 0.3 is 0 Å². The van der Waals surface area contributed by atoms with Gasteiger partial charge in [-0.1, -0.05) is 226 Å². The molecule has 0 saturated heterocycles. The zero-order valence-electron chi connectivity index (χ0n) is 51.4. The topological polar surface area (TPSA) is 11.4 Å². The second-order valence-electron chi connectivity index (χ2n) is 29.3. The maximum Gasteiger partial charge on any atom is 0.179 e. The molecule has 2 unspecified atom stereocenters. The lowest BCUT2D eigenvalue weighted by atomic mass is 9.60. The summed E-state index contributed by atoms with van der Waals surface area (Å²) in [6, 6.07) is 106. The number of anilines is 6. The van der Waals surface area contributed by atoms with Crippen molar-refractivity contribution >= 4 is 84.8 Å². The Morgan fingerprint density at radius 2 is 0.767 bits per heavy atom. The van der Waals surface area contributed by atoms with Gasteiger partial charge in [-0.25, -0.2) is 0 Å². The zero-order chi connectivity index (χ0) is 59.3. The summed E-state index contributed by atoms with van der Waals surface area (Å²) in [5, 5.41) is 8.04. The van der Waals surface area contributed by atoms with E-state index >= 15 is 0 Å². The van der Waals surface area contributed by atoms with Crippen molar-refractivity contribution in [2.45, 2.75) is 76.0 Å². The van der Waals surface area contributed by atoms with Gasteiger partial charge in [-0.2, -0.15) is 0 Å². The van der Waals surface area contributed by atoms with Gasteiger partial charge in [-0.3, -0.25) is 0 Å². The van der Waals surface area contributed by atoms with Crippen molar-refractivity contribution in [2.24, 2.45) is 46.3 Å². The van der Waals surface area contributed by atoms with Gasteiger partial charge in [0.2, 0.25) is 0 Å². The molecule has 1 aromatic heterocycles. The molecule has 0 radical (unpaired) electrons. The fourth-order valence-corrected chi connectivity index (χ4v) is 27.0. The third-order valence-corrected chi connectivity index (χ3v) is 29.8. The number of nitrogens with zero attached hydrogens (tertiary/aromatic N) is 3. The number of para-hydroxylation sites is 5. The van der Waals surface area contributed by atoms with Crippen molar-refractivity contribution in [1.29, 1.82) is 0 Å². The summed E-state index contributed by atoms with van der Waals surface area (Å²) in [6.45, 7) is 5.08. The Morgan fingerprint density at radius 1 is 0.344 bits per heavy atom. The number of fused-ring (bicyclic) bond motifs is 17. The van der Waals surface area contributed by atoms with Crippen LogP contribution in [0.15, 0.2) is 273 Å². The molecule has 8 aliphatic rings. The maximum absolute atomic E-state index is 2.83. The van der Waals surface area contributed by atoms with E-state index < -0.39 is 8.07 Å². The first kappa shape index (κ1) is 51.9. The summed E-state index contributed by atoms with van der Waals surface area (Å²) < 4.78 is 2.62. The Kier molecular flexibility index (Phi) is 10.7. The van der Waals surface area contributed by atoms with E-state index in [0.717, 1.165) is 11.8 Å². The predicted molar refractivity (Wildman–Crippen MR) is 375 cm³/mol. The monoisotopic (exact) mass is 1180 g/mol. The molecule has 0 amide bonds. The average molecular weight is 1180 g/mol. The Balaban J connectivity index is 0.816. The Hall–Kier alpha value is -8.96. The molecule has 3 nitrogen and oxygen atoms in total. The van der Waals surface area contributed by atoms with E-state index in [2.05, 4.69) is 301 Å². The van der Waals surface area contributed by atoms with Crippen molar-refractivity contribution in [3.05, 3.63) is 295 Å². The van der Waals surface area contributed by atoms with Crippen LogP contribution < -0.4 is 30.5 Å². The van der Waals surface area contributed by atoms with Crippen molar-refractivity contribution in [3.63, 3.8) is 0 Å². The Morgan fingerprint density at radius 3 is 1.28 bits per heavy atom. The first-order chi connectivity index (χ1) is 44.3. The van der Waals surface area contributed by atoms with Crippen molar-refractivity contribution < 1.29 is 0 Å². The quantitative estimate of drug-likeness (QED) is 0.111. The number of benzene rings is 11. The van der Waals surface area contributed by atoms with Crippen molar-refractivity contribution in [1.82, 2.24) is 4.57 Å². The first-order valence-electron chi connectivity index (χ1n) is 33.8. The van der Waals surface area contributed by atoms with Crippen LogP contribution in [0.25, 0.3) is 38.6 Å². The molecule has 11 aromatic carbocycles. The number of aromatic nitrogens is 1. The SMILES string of the molecule is C[C@@H]1CC2C[C@]3(C1)C[C@@H]3C21c2ccccc2N(c2ccc(-n3c4ccccc4c4c(N5c6ccccc6C6(c7ccccc75)C5C[C@H](C)C[C@]7(C5)C[C@@H]67)cccc43)c(-c3ccc([Si](c4ccccc4)(c4ccccc4)c4ccccc4)cc3)c2)c2ccccc21. The molecule has 6 saturated carbocycles. The van der Waals surface area contributed by atoms with Crippen LogP contribution in [0.4, 0.5) is 34.1 Å². The second kappa shape index (κ2) is 18.6. The number of hydrogen-bond donors (Lipinski definition) is 0. The Labute approximate surface area is 530 Å². The van der Waals surface area contributed by atoms with Crippen molar-refractivity contribution in [3.8, 4) is 16.8 Å². The fraction of sp³-hybridized carbons (Fsp3) is 0.233. The van der Waals surface area contributed by atoms with Gasteiger partial charge in [0, 0.05) is 32.9 Å². The van der Waals surface area contributed by atoms with Gasteiger partial charge < -0.3 is 14.4 Å². The molecule has 12 aromatic rings. The van der Waals surface area contributed by atoms with Crippen LogP contribution in [-0.4, -0.2) is 12.6 Å². The lowest BCUT2D eigenvalue weighted by Crippen LogP contribution is -2.74. The van der Waals surface area contributed by atoms with Crippen LogP contribution in [0.3, 0.4) is 0 Å². The molecule has 90 heavy (non-hydrogen) atoms. The third-order valence-electron chi connectivity index (χ3n) is 25.0. The summed E-state index contributed by atoms with van der Waals surface area (Å²) in [6.07, 6.45) is 10.8. The Bertz CT molecular complexity index is 4720. The van der Waals surface area contributed by atoms with Crippen LogP contribution in [0.5, 0.6) is 0 Å². The van der Waals surface area contributed by atoms with Gasteiger partial charge in [-0.05, 0) is 207 Å². The predicted octanol–water partition coefficient (Wildman–Crippen LogP) is 18.9. The van der Waals surface area contributed by atoms with Gasteiger partial charge in [0.05, 0.1) is 45.2 Å². The molecule has 4 bridgehead atoms. The van der Waals surface area contributed by atoms with E-state index in [9.17, 15) is 0 Å².